The van der Waals surface area contributed by atoms with Crippen molar-refractivity contribution >= 4 is 5.91 Å². The molecule has 4 nitrogen and oxygen atoms in total. The van der Waals surface area contributed by atoms with Crippen LogP contribution in [0.4, 0.5) is 4.39 Å². The van der Waals surface area contributed by atoms with Gasteiger partial charge in [-0.15, -0.1) is 0 Å². The van der Waals surface area contributed by atoms with Crippen LogP contribution in [0.15, 0.2) is 18.2 Å². The van der Waals surface area contributed by atoms with Crippen molar-refractivity contribution < 1.29 is 9.18 Å². The second-order valence-corrected chi connectivity index (χ2v) is 5.11. The van der Waals surface area contributed by atoms with Gasteiger partial charge in [0.25, 0.3) is 0 Å². The van der Waals surface area contributed by atoms with Crippen molar-refractivity contribution in [3.8, 4) is 6.07 Å². The summed E-state index contributed by atoms with van der Waals surface area (Å²) in [4.78, 5) is 13.4. The highest BCUT2D eigenvalue weighted by molar-refractivity contribution is 5.77. The van der Waals surface area contributed by atoms with Gasteiger partial charge >= 0.3 is 0 Å². The van der Waals surface area contributed by atoms with Gasteiger partial charge in [-0.2, -0.15) is 5.26 Å². The Kier molecular flexibility index (Phi) is 3.82. The lowest BCUT2D eigenvalue weighted by Crippen LogP contribution is -2.29. The monoisotopic (exact) mass is 261 g/mol. The number of nitrogens with two attached hydrogens (primary N) is 1. The molecule has 1 fully saturated rings. The highest BCUT2D eigenvalue weighted by Gasteiger charge is 2.33. The van der Waals surface area contributed by atoms with E-state index in [9.17, 15) is 9.18 Å². The highest BCUT2D eigenvalue weighted by atomic mass is 19.1. The number of likely N-dealkylation sites (tertiary alicyclic amines) is 1. The number of primary amides is 1. The number of halogens is 1. The molecule has 5 heteroatoms. The fourth-order valence-corrected chi connectivity index (χ4v) is 2.58. The van der Waals surface area contributed by atoms with E-state index >= 15 is 0 Å². The van der Waals surface area contributed by atoms with Crippen LogP contribution in [0.3, 0.4) is 0 Å². The van der Waals surface area contributed by atoms with Gasteiger partial charge in [-0.3, -0.25) is 9.69 Å². The molecular formula is C14H16FN3O. The van der Waals surface area contributed by atoms with Crippen LogP contribution in [0, 0.1) is 29.0 Å². The van der Waals surface area contributed by atoms with E-state index in [0.29, 0.717) is 13.1 Å². The van der Waals surface area contributed by atoms with Crippen LogP contribution in [0.5, 0.6) is 0 Å². The van der Waals surface area contributed by atoms with E-state index in [-0.39, 0.29) is 23.3 Å². The average molecular weight is 261 g/mol. The van der Waals surface area contributed by atoms with E-state index in [0.717, 1.165) is 12.1 Å². The maximum Gasteiger partial charge on any atom is 0.222 e. The summed E-state index contributed by atoms with van der Waals surface area (Å²) in [7, 11) is 0. The Balaban J connectivity index is 2.07. The summed E-state index contributed by atoms with van der Waals surface area (Å²) in [5.41, 5.74) is 6.27. The standard InChI is InChI=1S/C14H16FN3O/c1-9-6-18(8-12(9)14(17)19)7-10-2-3-13(15)11(4-10)5-16/h2-4,9,12H,6-8H2,1H3,(H2,17,19)/t9-,12-/m1/s1. The van der Waals surface area contributed by atoms with E-state index < -0.39 is 5.82 Å². The predicted molar refractivity (Wildman–Crippen MR) is 68.2 cm³/mol. The summed E-state index contributed by atoms with van der Waals surface area (Å²) in [6.07, 6.45) is 0. The smallest absolute Gasteiger partial charge is 0.222 e. The number of hydrogen-bond donors (Lipinski definition) is 1. The molecule has 100 valence electrons. The Morgan fingerprint density at radius 3 is 2.89 bits per heavy atom. The second kappa shape index (κ2) is 5.37. The molecule has 19 heavy (non-hydrogen) atoms. The van der Waals surface area contributed by atoms with E-state index in [4.69, 9.17) is 11.0 Å². The van der Waals surface area contributed by atoms with Gasteiger partial charge in [-0.1, -0.05) is 13.0 Å². The van der Waals surface area contributed by atoms with Crippen LogP contribution >= 0.6 is 0 Å². The van der Waals surface area contributed by atoms with Gasteiger partial charge in [0.15, 0.2) is 0 Å². The molecule has 2 rings (SSSR count). The molecule has 1 aliphatic rings. The van der Waals surface area contributed by atoms with Crippen molar-refractivity contribution in [1.82, 2.24) is 4.90 Å². The molecule has 2 atom stereocenters. The first-order chi connectivity index (χ1) is 9.01. The van der Waals surface area contributed by atoms with Gasteiger partial charge in [0.1, 0.15) is 11.9 Å². The normalized spacial score (nSPS) is 23.2. The zero-order valence-corrected chi connectivity index (χ0v) is 10.8. The number of nitriles is 1. The van der Waals surface area contributed by atoms with Crippen molar-refractivity contribution in [2.75, 3.05) is 13.1 Å². The molecule has 2 N–H and O–H groups in total. The second-order valence-electron chi connectivity index (χ2n) is 5.11. The van der Waals surface area contributed by atoms with Crippen molar-refractivity contribution in [1.29, 1.82) is 5.26 Å². The van der Waals surface area contributed by atoms with Crippen LogP contribution in [0.2, 0.25) is 0 Å². The first kappa shape index (κ1) is 13.5. The van der Waals surface area contributed by atoms with Gasteiger partial charge < -0.3 is 5.73 Å². The van der Waals surface area contributed by atoms with Crippen LogP contribution in [-0.2, 0) is 11.3 Å². The molecule has 1 amide bonds. The average Bonchev–Trinajstić information content (AvgIpc) is 2.73. The first-order valence-electron chi connectivity index (χ1n) is 6.21. The number of rotatable bonds is 3. The highest BCUT2D eigenvalue weighted by Crippen LogP contribution is 2.24. The summed E-state index contributed by atoms with van der Waals surface area (Å²) < 4.78 is 13.2. The zero-order chi connectivity index (χ0) is 14.0. The minimum absolute atomic E-state index is 0.0520. The quantitative estimate of drug-likeness (QED) is 0.890. The summed E-state index contributed by atoms with van der Waals surface area (Å²) in [5, 5.41) is 8.80. The summed E-state index contributed by atoms with van der Waals surface area (Å²) in [5.74, 6) is -0.674. The number of hydrogen-bond acceptors (Lipinski definition) is 3. The van der Waals surface area contributed by atoms with Crippen LogP contribution < -0.4 is 5.73 Å². The van der Waals surface area contributed by atoms with Gasteiger partial charge in [0, 0.05) is 19.6 Å². The summed E-state index contributed by atoms with van der Waals surface area (Å²) >= 11 is 0. The Morgan fingerprint density at radius 1 is 1.58 bits per heavy atom. The molecule has 0 bridgehead atoms. The third-order valence-electron chi connectivity index (χ3n) is 3.61. The van der Waals surface area contributed by atoms with Crippen LogP contribution in [0.1, 0.15) is 18.1 Å². The fraction of sp³-hybridized carbons (Fsp3) is 0.429. The lowest BCUT2D eigenvalue weighted by molar-refractivity contribution is -0.122. The molecule has 1 aromatic rings. The lowest BCUT2D eigenvalue weighted by Gasteiger charge is -2.15. The summed E-state index contributed by atoms with van der Waals surface area (Å²) in [6.45, 7) is 4.01. The molecule has 0 radical (unpaired) electrons. The molecule has 0 aliphatic carbocycles. The topological polar surface area (TPSA) is 70.1 Å². The molecule has 1 aliphatic heterocycles. The number of benzene rings is 1. The Bertz CT molecular complexity index is 538. The van der Waals surface area contributed by atoms with Crippen molar-refractivity contribution in [2.45, 2.75) is 13.5 Å². The number of carbonyl (C=O) groups excluding carboxylic acids is 1. The Hall–Kier alpha value is -1.93. The fourth-order valence-electron chi connectivity index (χ4n) is 2.58. The van der Waals surface area contributed by atoms with E-state index in [1.165, 1.54) is 6.07 Å². The van der Waals surface area contributed by atoms with Gasteiger partial charge in [0.2, 0.25) is 5.91 Å². The number of carbonyl (C=O) groups is 1. The van der Waals surface area contributed by atoms with E-state index in [1.54, 1.807) is 12.1 Å². The Morgan fingerprint density at radius 2 is 2.32 bits per heavy atom. The van der Waals surface area contributed by atoms with E-state index in [2.05, 4.69) is 4.90 Å². The number of nitrogens with zero attached hydrogens (tertiary/aromatic N) is 2. The van der Waals surface area contributed by atoms with Crippen molar-refractivity contribution in [3.63, 3.8) is 0 Å². The van der Waals surface area contributed by atoms with Gasteiger partial charge in [-0.05, 0) is 23.6 Å². The zero-order valence-electron chi connectivity index (χ0n) is 10.8. The summed E-state index contributed by atoms with van der Waals surface area (Å²) in [6, 6.07) is 6.35. The molecule has 0 saturated carbocycles. The number of amides is 1. The Labute approximate surface area is 111 Å². The molecule has 0 aromatic heterocycles. The van der Waals surface area contributed by atoms with Gasteiger partial charge in [0.05, 0.1) is 11.5 Å². The molecule has 0 unspecified atom stereocenters. The minimum atomic E-state index is -0.504. The third kappa shape index (κ3) is 2.91. The lowest BCUT2D eigenvalue weighted by atomic mass is 9.98. The van der Waals surface area contributed by atoms with Gasteiger partial charge in [-0.25, -0.2) is 4.39 Å². The van der Waals surface area contributed by atoms with Crippen molar-refractivity contribution in [2.24, 2.45) is 17.6 Å². The maximum atomic E-state index is 13.2. The minimum Gasteiger partial charge on any atom is -0.369 e. The molecule has 1 saturated heterocycles. The predicted octanol–water partition coefficient (Wildman–Crippen LogP) is 1.25. The van der Waals surface area contributed by atoms with Crippen molar-refractivity contribution in [3.05, 3.63) is 35.1 Å². The molecule has 0 spiro atoms. The van der Waals surface area contributed by atoms with Crippen LogP contribution in [0.25, 0.3) is 0 Å². The largest absolute Gasteiger partial charge is 0.369 e. The maximum absolute atomic E-state index is 13.2. The van der Waals surface area contributed by atoms with E-state index in [1.807, 2.05) is 13.0 Å². The third-order valence-corrected chi connectivity index (χ3v) is 3.61. The molecular weight excluding hydrogens is 245 g/mol. The molecule has 1 aromatic carbocycles. The SMILES string of the molecule is C[C@@H]1CN(Cc2ccc(F)c(C#N)c2)C[C@H]1C(N)=O. The first-order valence-corrected chi connectivity index (χ1v) is 6.21. The molecule has 1 heterocycles. The van der Waals surface area contributed by atoms with Crippen LogP contribution in [-0.4, -0.2) is 23.9 Å².